The van der Waals surface area contributed by atoms with E-state index in [-0.39, 0.29) is 18.1 Å². The summed E-state index contributed by atoms with van der Waals surface area (Å²) in [6.45, 7) is 4.51. The topological polar surface area (TPSA) is 55.8 Å². The maximum absolute atomic E-state index is 11.6. The van der Waals surface area contributed by atoms with Crippen molar-refractivity contribution in [2.75, 3.05) is 33.1 Å². The Balaban J connectivity index is 1.65. The molecule has 1 heterocycles. The molecule has 0 amide bonds. The van der Waals surface area contributed by atoms with E-state index in [4.69, 9.17) is 21.1 Å². The van der Waals surface area contributed by atoms with Gasteiger partial charge in [0.25, 0.3) is 0 Å². The number of piperidine rings is 1. The molecule has 0 N–H and O–H groups in total. The molecule has 0 spiro atoms. The van der Waals surface area contributed by atoms with Crippen LogP contribution in [0.1, 0.15) is 24.9 Å². The molecule has 3 atom stereocenters. The van der Waals surface area contributed by atoms with Crippen LogP contribution in [-0.2, 0) is 14.6 Å². The van der Waals surface area contributed by atoms with Crippen LogP contribution in [0.5, 0.6) is 5.75 Å². The van der Waals surface area contributed by atoms with Crippen molar-refractivity contribution in [2.24, 2.45) is 5.92 Å². The fourth-order valence-electron chi connectivity index (χ4n) is 3.82. The average molecular weight is 438 g/mol. The van der Waals surface area contributed by atoms with E-state index in [1.807, 2.05) is 18.2 Å². The van der Waals surface area contributed by atoms with Crippen molar-refractivity contribution in [3.05, 3.63) is 59.1 Å². The summed E-state index contributed by atoms with van der Waals surface area (Å²) < 4.78 is 34.9. The van der Waals surface area contributed by atoms with Gasteiger partial charge in [-0.2, -0.15) is 0 Å². The van der Waals surface area contributed by atoms with E-state index in [1.54, 1.807) is 31.4 Å². The van der Waals surface area contributed by atoms with Crippen LogP contribution in [0.3, 0.4) is 0 Å². The van der Waals surface area contributed by atoms with Crippen LogP contribution in [0.2, 0.25) is 5.02 Å². The zero-order chi connectivity index (χ0) is 21.0. The van der Waals surface area contributed by atoms with E-state index in [0.29, 0.717) is 17.3 Å². The largest absolute Gasteiger partial charge is 0.493 e. The summed E-state index contributed by atoms with van der Waals surface area (Å²) in [6.07, 6.45) is 2.26. The number of likely N-dealkylation sites (tertiary alicyclic amines) is 1. The summed E-state index contributed by atoms with van der Waals surface area (Å²) >= 11 is 6.16. The van der Waals surface area contributed by atoms with Crippen molar-refractivity contribution in [3.8, 4) is 5.75 Å². The molecule has 29 heavy (non-hydrogen) atoms. The first-order chi connectivity index (χ1) is 13.8. The number of nitrogens with zero attached hydrogens (tertiary/aromatic N) is 1. The van der Waals surface area contributed by atoms with E-state index in [1.165, 1.54) is 11.8 Å². The van der Waals surface area contributed by atoms with Gasteiger partial charge in [-0.3, -0.25) is 4.90 Å². The van der Waals surface area contributed by atoms with Crippen LogP contribution >= 0.6 is 11.6 Å². The van der Waals surface area contributed by atoms with E-state index in [0.717, 1.165) is 24.5 Å². The molecule has 3 rings (SSSR count). The molecule has 0 saturated carbocycles. The Morgan fingerprint density at radius 1 is 1.21 bits per heavy atom. The summed E-state index contributed by atoms with van der Waals surface area (Å²) in [5.74, 6) is 0.872. The molecule has 0 aromatic heterocycles. The smallest absolute Gasteiger partial charge is 0.175 e. The molecule has 0 bridgehead atoms. The molecule has 2 aromatic rings. The molecule has 0 radical (unpaired) electrons. The Kier molecular flexibility index (Phi) is 7.22. The Bertz CT molecular complexity index is 917. The number of ether oxygens (including phenoxy) is 2. The molecule has 7 heteroatoms. The van der Waals surface area contributed by atoms with Crippen molar-refractivity contribution in [2.45, 2.75) is 30.4 Å². The minimum Gasteiger partial charge on any atom is -0.493 e. The number of hydrogen-bond donors (Lipinski definition) is 0. The molecular formula is C22H28ClNO4S. The Labute approximate surface area is 178 Å². The van der Waals surface area contributed by atoms with Gasteiger partial charge in [0.2, 0.25) is 0 Å². The van der Waals surface area contributed by atoms with E-state index < -0.39 is 9.84 Å². The van der Waals surface area contributed by atoms with Crippen LogP contribution < -0.4 is 4.74 Å². The van der Waals surface area contributed by atoms with Crippen LogP contribution in [0.15, 0.2) is 53.4 Å². The quantitative estimate of drug-likeness (QED) is 0.649. The van der Waals surface area contributed by atoms with Crippen molar-refractivity contribution >= 4 is 21.4 Å². The Morgan fingerprint density at radius 2 is 1.93 bits per heavy atom. The highest BCUT2D eigenvalue weighted by Crippen LogP contribution is 2.29. The molecule has 5 nitrogen and oxygen atoms in total. The lowest BCUT2D eigenvalue weighted by Gasteiger charge is -2.40. The SMILES string of the molecule is COC1CCN(C(C)c2cccc(Cl)c2)CC1COc1ccc(S(C)(=O)=O)cc1. The third kappa shape index (κ3) is 5.72. The summed E-state index contributed by atoms with van der Waals surface area (Å²) in [4.78, 5) is 2.72. The van der Waals surface area contributed by atoms with E-state index in [9.17, 15) is 8.42 Å². The van der Waals surface area contributed by atoms with Gasteiger partial charge in [0, 0.05) is 43.4 Å². The van der Waals surface area contributed by atoms with Gasteiger partial charge < -0.3 is 9.47 Å². The zero-order valence-corrected chi connectivity index (χ0v) is 18.6. The second kappa shape index (κ2) is 9.47. The van der Waals surface area contributed by atoms with Crippen LogP contribution in [-0.4, -0.2) is 52.5 Å². The van der Waals surface area contributed by atoms with Crippen molar-refractivity contribution in [3.63, 3.8) is 0 Å². The third-order valence-corrected chi connectivity index (χ3v) is 6.96. The fourth-order valence-corrected chi connectivity index (χ4v) is 4.65. The van der Waals surface area contributed by atoms with Crippen LogP contribution in [0.25, 0.3) is 0 Å². The molecule has 1 aliphatic heterocycles. The molecule has 1 saturated heterocycles. The summed E-state index contributed by atoms with van der Waals surface area (Å²) in [7, 11) is -1.46. The maximum atomic E-state index is 11.6. The van der Waals surface area contributed by atoms with Gasteiger partial charge in [-0.25, -0.2) is 8.42 Å². The summed E-state index contributed by atoms with van der Waals surface area (Å²) in [5, 5.41) is 0.749. The van der Waals surface area contributed by atoms with Gasteiger partial charge in [-0.15, -0.1) is 0 Å². The third-order valence-electron chi connectivity index (χ3n) is 5.59. The molecule has 3 unspecified atom stereocenters. The zero-order valence-electron chi connectivity index (χ0n) is 17.0. The van der Waals surface area contributed by atoms with Gasteiger partial charge in [0.1, 0.15) is 5.75 Å². The van der Waals surface area contributed by atoms with Crippen LogP contribution in [0, 0.1) is 5.92 Å². The predicted molar refractivity (Wildman–Crippen MR) is 115 cm³/mol. The van der Waals surface area contributed by atoms with Gasteiger partial charge in [0.05, 0.1) is 17.6 Å². The molecule has 158 valence electrons. The maximum Gasteiger partial charge on any atom is 0.175 e. The molecule has 1 fully saturated rings. The Morgan fingerprint density at radius 3 is 2.55 bits per heavy atom. The predicted octanol–water partition coefficient (Wildman–Crippen LogP) is 4.22. The fraction of sp³-hybridized carbons (Fsp3) is 0.455. The first-order valence-corrected chi connectivity index (χ1v) is 12.0. The summed E-state index contributed by atoms with van der Waals surface area (Å²) in [6, 6.07) is 14.8. The summed E-state index contributed by atoms with van der Waals surface area (Å²) in [5.41, 5.74) is 1.20. The van der Waals surface area contributed by atoms with E-state index >= 15 is 0 Å². The van der Waals surface area contributed by atoms with Crippen molar-refractivity contribution in [1.29, 1.82) is 0 Å². The standard InChI is InChI=1S/C22H28ClNO4S/c1-16(17-5-4-6-19(23)13-17)24-12-11-22(27-2)18(14-24)15-28-20-7-9-21(10-8-20)29(3,25)26/h4-10,13,16,18,22H,11-12,14-15H2,1-3H3. The highest BCUT2D eigenvalue weighted by Gasteiger charge is 2.32. The Hall–Kier alpha value is -1.60. The van der Waals surface area contributed by atoms with Crippen molar-refractivity contribution in [1.82, 2.24) is 4.90 Å². The highest BCUT2D eigenvalue weighted by atomic mass is 35.5. The number of rotatable bonds is 7. The average Bonchev–Trinajstić information content (AvgIpc) is 2.71. The van der Waals surface area contributed by atoms with Crippen LogP contribution in [0.4, 0.5) is 0 Å². The minimum atomic E-state index is -3.21. The van der Waals surface area contributed by atoms with Crippen molar-refractivity contribution < 1.29 is 17.9 Å². The second-order valence-electron chi connectivity index (χ2n) is 7.60. The van der Waals surface area contributed by atoms with E-state index in [2.05, 4.69) is 17.9 Å². The lowest BCUT2D eigenvalue weighted by atomic mass is 9.93. The normalized spacial score (nSPS) is 21.7. The number of hydrogen-bond acceptors (Lipinski definition) is 5. The first kappa shape index (κ1) is 22.1. The molecule has 1 aliphatic rings. The minimum absolute atomic E-state index is 0.133. The monoisotopic (exact) mass is 437 g/mol. The second-order valence-corrected chi connectivity index (χ2v) is 10.1. The highest BCUT2D eigenvalue weighted by molar-refractivity contribution is 7.90. The van der Waals surface area contributed by atoms with Gasteiger partial charge in [0.15, 0.2) is 9.84 Å². The number of benzene rings is 2. The van der Waals surface area contributed by atoms with Gasteiger partial charge >= 0.3 is 0 Å². The lowest BCUT2D eigenvalue weighted by Crippen LogP contribution is -2.47. The lowest BCUT2D eigenvalue weighted by molar-refractivity contribution is -0.0322. The number of sulfone groups is 1. The number of methoxy groups -OCH3 is 1. The molecule has 2 aromatic carbocycles. The van der Waals surface area contributed by atoms with Gasteiger partial charge in [-0.05, 0) is 55.3 Å². The number of halogens is 1. The first-order valence-electron chi connectivity index (χ1n) is 9.73. The molecule has 0 aliphatic carbocycles. The van der Waals surface area contributed by atoms with Gasteiger partial charge in [-0.1, -0.05) is 23.7 Å². The molecular weight excluding hydrogens is 410 g/mol.